The first-order chi connectivity index (χ1) is 17.7. The predicted octanol–water partition coefficient (Wildman–Crippen LogP) is 4.33. The maximum atomic E-state index is 13.6. The third-order valence-corrected chi connectivity index (χ3v) is 7.68. The van der Waals surface area contributed by atoms with Crippen LogP contribution in [0.4, 0.5) is 10.1 Å². The van der Waals surface area contributed by atoms with Gasteiger partial charge in [-0.15, -0.1) is 5.10 Å². The molecule has 0 radical (unpaired) electrons. The molecule has 3 heterocycles. The van der Waals surface area contributed by atoms with E-state index < -0.39 is 6.04 Å². The van der Waals surface area contributed by atoms with Gasteiger partial charge in [0.25, 0.3) is 5.56 Å². The van der Waals surface area contributed by atoms with Crippen LogP contribution in [-0.4, -0.2) is 56.3 Å². The monoisotopic (exact) mass is 503 g/mol. The number of hydrogen-bond donors (Lipinski definition) is 1. The van der Waals surface area contributed by atoms with Gasteiger partial charge in [-0.05, 0) is 92.1 Å². The number of hydrogen-bond acceptors (Lipinski definition) is 6. The fraction of sp³-hybridized carbons (Fsp3) is 0.429. The average Bonchev–Trinajstić information content (AvgIpc) is 3.36. The highest BCUT2D eigenvalue weighted by Gasteiger charge is 2.35. The molecule has 0 bridgehead atoms. The third kappa shape index (κ3) is 4.75. The number of H-pyrrole nitrogens is 1. The highest BCUT2D eigenvalue weighted by Crippen LogP contribution is 2.32. The minimum atomic E-state index is -0.412. The minimum absolute atomic E-state index is 0.132. The number of halogens is 1. The average molecular weight is 504 g/mol. The Morgan fingerprint density at radius 2 is 1.76 bits per heavy atom. The van der Waals surface area contributed by atoms with Gasteiger partial charge in [0.15, 0.2) is 5.82 Å². The molecule has 0 amide bonds. The molecule has 5 rings (SSSR count). The molecule has 0 aliphatic carbocycles. The first-order valence-electron chi connectivity index (χ1n) is 12.9. The van der Waals surface area contributed by atoms with Crippen LogP contribution in [0.1, 0.15) is 55.7 Å². The van der Waals surface area contributed by atoms with Crippen LogP contribution in [0.5, 0.6) is 0 Å². The molecule has 1 saturated heterocycles. The summed E-state index contributed by atoms with van der Waals surface area (Å²) in [5.41, 5.74) is 4.23. The van der Waals surface area contributed by atoms with Gasteiger partial charge in [0, 0.05) is 48.3 Å². The summed E-state index contributed by atoms with van der Waals surface area (Å²) in [6.45, 7) is 13.3. The molecular weight excluding hydrogens is 469 g/mol. The summed E-state index contributed by atoms with van der Waals surface area (Å²) in [5, 5.41) is 13.9. The Labute approximate surface area is 216 Å². The van der Waals surface area contributed by atoms with Crippen molar-refractivity contribution in [2.45, 2.75) is 52.6 Å². The van der Waals surface area contributed by atoms with Crippen molar-refractivity contribution in [1.29, 1.82) is 0 Å². The number of nitrogens with one attached hydrogen (secondary N) is 1. The molecule has 194 valence electrons. The molecule has 1 N–H and O–H groups in total. The van der Waals surface area contributed by atoms with Crippen LogP contribution in [-0.2, 0) is 5.54 Å². The molecule has 4 aromatic rings. The first kappa shape index (κ1) is 25.1. The lowest BCUT2D eigenvalue weighted by Crippen LogP contribution is -2.49. The van der Waals surface area contributed by atoms with E-state index in [2.05, 4.69) is 64.1 Å². The van der Waals surface area contributed by atoms with E-state index in [-0.39, 0.29) is 16.9 Å². The lowest BCUT2D eigenvalue weighted by atomic mass is 9.97. The maximum absolute atomic E-state index is 13.6. The summed E-state index contributed by atoms with van der Waals surface area (Å²) in [4.78, 5) is 21.2. The van der Waals surface area contributed by atoms with Crippen LogP contribution in [0.15, 0.2) is 47.3 Å². The van der Waals surface area contributed by atoms with Gasteiger partial charge < -0.3 is 9.88 Å². The van der Waals surface area contributed by atoms with Crippen molar-refractivity contribution in [3.8, 4) is 0 Å². The SMILES string of the molecule is CCC(C)(C)n1nnnc1[C@H](c1cc2c(C)cc(C)cc2[nH]c1=O)N1CCN(c2ccc(F)cc2)CC1. The molecule has 2 aromatic heterocycles. The summed E-state index contributed by atoms with van der Waals surface area (Å²) in [7, 11) is 0. The first-order valence-corrected chi connectivity index (χ1v) is 12.9. The number of pyridine rings is 1. The second kappa shape index (κ2) is 9.70. The van der Waals surface area contributed by atoms with E-state index in [0.29, 0.717) is 24.5 Å². The second-order valence-corrected chi connectivity index (χ2v) is 10.6. The normalized spacial score (nSPS) is 15.9. The molecule has 2 aromatic carbocycles. The number of benzene rings is 2. The number of aromatic nitrogens is 5. The zero-order valence-electron chi connectivity index (χ0n) is 22.1. The van der Waals surface area contributed by atoms with Gasteiger partial charge in [0.1, 0.15) is 11.9 Å². The molecular formula is C28H34FN7O. The highest BCUT2D eigenvalue weighted by atomic mass is 19.1. The topological polar surface area (TPSA) is 82.9 Å². The van der Waals surface area contributed by atoms with Crippen LogP contribution in [0.25, 0.3) is 10.9 Å². The molecule has 1 aliphatic rings. The van der Waals surface area contributed by atoms with Gasteiger partial charge in [0.2, 0.25) is 0 Å². The summed E-state index contributed by atoms with van der Waals surface area (Å²) in [6, 6.07) is 12.3. The van der Waals surface area contributed by atoms with Crippen molar-refractivity contribution in [3.05, 3.63) is 81.2 Å². The largest absolute Gasteiger partial charge is 0.369 e. The zero-order valence-corrected chi connectivity index (χ0v) is 22.1. The number of anilines is 1. The van der Waals surface area contributed by atoms with E-state index in [1.54, 1.807) is 0 Å². The fourth-order valence-electron chi connectivity index (χ4n) is 5.23. The molecule has 0 spiro atoms. The number of tetrazole rings is 1. The van der Waals surface area contributed by atoms with Crippen molar-refractivity contribution in [3.63, 3.8) is 0 Å². The van der Waals surface area contributed by atoms with Crippen molar-refractivity contribution in [1.82, 2.24) is 30.1 Å². The molecule has 1 aliphatic heterocycles. The number of piperazine rings is 1. The van der Waals surface area contributed by atoms with Gasteiger partial charge in [0.05, 0.1) is 5.54 Å². The van der Waals surface area contributed by atoms with E-state index in [4.69, 9.17) is 0 Å². The van der Waals surface area contributed by atoms with E-state index in [9.17, 15) is 9.18 Å². The third-order valence-electron chi connectivity index (χ3n) is 7.68. The molecule has 0 unspecified atom stereocenters. The lowest BCUT2D eigenvalue weighted by Gasteiger charge is -2.40. The van der Waals surface area contributed by atoms with Gasteiger partial charge in [-0.2, -0.15) is 0 Å². The standard InChI is InChI=1S/C28H34FN7O/c1-6-28(4,5)36-26(31-32-33-36)25(23-17-22-19(3)15-18(2)16-24(22)30-27(23)37)35-13-11-34(12-14-35)21-9-7-20(29)8-10-21/h7-10,15-17,25H,6,11-14H2,1-5H3,(H,30,37)/t25-/m0/s1. The Kier molecular flexibility index (Phi) is 6.58. The number of aromatic amines is 1. The molecule has 0 saturated carbocycles. The van der Waals surface area contributed by atoms with E-state index in [1.807, 2.05) is 35.9 Å². The Balaban J connectivity index is 1.58. The van der Waals surface area contributed by atoms with Crippen molar-refractivity contribution in [2.24, 2.45) is 0 Å². The minimum Gasteiger partial charge on any atom is -0.369 e. The fourth-order valence-corrected chi connectivity index (χ4v) is 5.23. The Bertz CT molecular complexity index is 1470. The predicted molar refractivity (Wildman–Crippen MR) is 144 cm³/mol. The maximum Gasteiger partial charge on any atom is 0.253 e. The van der Waals surface area contributed by atoms with Crippen LogP contribution in [0.2, 0.25) is 0 Å². The van der Waals surface area contributed by atoms with Crippen molar-refractivity contribution < 1.29 is 4.39 Å². The van der Waals surface area contributed by atoms with Crippen LogP contribution >= 0.6 is 0 Å². The van der Waals surface area contributed by atoms with Gasteiger partial charge >= 0.3 is 0 Å². The van der Waals surface area contributed by atoms with E-state index in [0.717, 1.165) is 47.2 Å². The molecule has 9 heteroatoms. The molecule has 1 atom stereocenters. The zero-order chi connectivity index (χ0) is 26.3. The number of aryl methyl sites for hydroxylation is 2. The van der Waals surface area contributed by atoms with Gasteiger partial charge in [-0.25, -0.2) is 9.07 Å². The van der Waals surface area contributed by atoms with Crippen LogP contribution < -0.4 is 10.5 Å². The number of nitrogens with zero attached hydrogens (tertiary/aromatic N) is 6. The number of fused-ring (bicyclic) bond motifs is 1. The highest BCUT2D eigenvalue weighted by molar-refractivity contribution is 5.83. The van der Waals surface area contributed by atoms with Crippen molar-refractivity contribution in [2.75, 3.05) is 31.1 Å². The lowest BCUT2D eigenvalue weighted by molar-refractivity contribution is 0.186. The van der Waals surface area contributed by atoms with Crippen LogP contribution in [0, 0.1) is 19.7 Å². The molecule has 8 nitrogen and oxygen atoms in total. The molecule has 37 heavy (non-hydrogen) atoms. The Hall–Kier alpha value is -3.59. The smallest absolute Gasteiger partial charge is 0.253 e. The van der Waals surface area contributed by atoms with Gasteiger partial charge in [-0.1, -0.05) is 13.0 Å². The Morgan fingerprint density at radius 1 is 1.05 bits per heavy atom. The van der Waals surface area contributed by atoms with E-state index >= 15 is 0 Å². The van der Waals surface area contributed by atoms with Crippen molar-refractivity contribution >= 4 is 16.6 Å². The summed E-state index contributed by atoms with van der Waals surface area (Å²) < 4.78 is 15.3. The van der Waals surface area contributed by atoms with E-state index in [1.165, 1.54) is 12.1 Å². The van der Waals surface area contributed by atoms with Gasteiger partial charge in [-0.3, -0.25) is 9.69 Å². The second-order valence-electron chi connectivity index (χ2n) is 10.6. The Morgan fingerprint density at radius 3 is 2.43 bits per heavy atom. The summed E-state index contributed by atoms with van der Waals surface area (Å²) >= 11 is 0. The molecule has 1 fully saturated rings. The van der Waals surface area contributed by atoms with Crippen LogP contribution in [0.3, 0.4) is 0 Å². The quantitative estimate of drug-likeness (QED) is 0.422. The summed E-state index contributed by atoms with van der Waals surface area (Å²) in [5.74, 6) is 0.422. The summed E-state index contributed by atoms with van der Waals surface area (Å²) in [6.07, 6.45) is 0.836. The number of rotatable bonds is 6.